The van der Waals surface area contributed by atoms with Crippen molar-refractivity contribution in [3.63, 3.8) is 0 Å². The minimum atomic E-state index is -0.704. The maximum Gasteiger partial charge on any atom is 0.275 e. The van der Waals surface area contributed by atoms with E-state index in [2.05, 4.69) is 20.6 Å². The van der Waals surface area contributed by atoms with Crippen LogP contribution in [-0.4, -0.2) is 40.7 Å². The van der Waals surface area contributed by atoms with Gasteiger partial charge in [0.25, 0.3) is 5.56 Å². The van der Waals surface area contributed by atoms with Crippen LogP contribution in [-0.2, 0) is 16.1 Å². The van der Waals surface area contributed by atoms with Crippen molar-refractivity contribution in [3.8, 4) is 0 Å². The molecule has 2 heterocycles. The number of nitrogens with zero attached hydrogens (tertiary/aromatic N) is 3. The molecule has 1 saturated heterocycles. The molecular formula is C26H31N5O3. The lowest BCUT2D eigenvalue weighted by Gasteiger charge is -2.20. The largest absolute Gasteiger partial charge is 0.371 e. The molecule has 1 atom stereocenters. The Morgan fingerprint density at radius 2 is 1.79 bits per heavy atom. The molecule has 8 heteroatoms. The third-order valence-corrected chi connectivity index (χ3v) is 6.16. The zero-order valence-electron chi connectivity index (χ0n) is 19.7. The third-order valence-electron chi connectivity index (χ3n) is 6.16. The van der Waals surface area contributed by atoms with Crippen LogP contribution in [0.25, 0.3) is 10.8 Å². The van der Waals surface area contributed by atoms with Crippen LogP contribution in [0, 0.1) is 6.92 Å². The fraction of sp³-hybridized carbons (Fsp3) is 0.385. The van der Waals surface area contributed by atoms with Crippen LogP contribution in [0.15, 0.2) is 53.3 Å². The van der Waals surface area contributed by atoms with E-state index in [1.165, 1.54) is 12.8 Å². The van der Waals surface area contributed by atoms with Crippen molar-refractivity contribution < 1.29 is 9.59 Å². The van der Waals surface area contributed by atoms with Crippen LogP contribution >= 0.6 is 0 Å². The number of fused-ring (bicyclic) bond motifs is 1. The highest BCUT2D eigenvalue weighted by atomic mass is 16.2. The first-order valence-corrected chi connectivity index (χ1v) is 11.9. The summed E-state index contributed by atoms with van der Waals surface area (Å²) in [7, 11) is 0. The van der Waals surface area contributed by atoms with Gasteiger partial charge in [-0.2, -0.15) is 5.10 Å². The predicted octanol–water partition coefficient (Wildman–Crippen LogP) is 3.23. The van der Waals surface area contributed by atoms with Crippen LogP contribution in [0.2, 0.25) is 0 Å². The molecule has 4 rings (SSSR count). The van der Waals surface area contributed by atoms with Gasteiger partial charge in [-0.25, -0.2) is 4.68 Å². The minimum absolute atomic E-state index is 0.248. The van der Waals surface area contributed by atoms with Crippen LogP contribution in [0.4, 0.5) is 11.4 Å². The number of amides is 2. The molecular weight excluding hydrogens is 430 g/mol. The summed E-state index contributed by atoms with van der Waals surface area (Å²) in [4.78, 5) is 40.9. The topological polar surface area (TPSA) is 96.3 Å². The molecule has 1 aromatic heterocycles. The van der Waals surface area contributed by atoms with E-state index in [9.17, 15) is 14.4 Å². The number of rotatable bonds is 8. The Morgan fingerprint density at radius 3 is 2.53 bits per heavy atom. The quantitative estimate of drug-likeness (QED) is 0.537. The molecule has 3 aromatic rings. The molecule has 0 saturated carbocycles. The molecule has 0 aliphatic carbocycles. The number of anilines is 2. The molecule has 178 valence electrons. The number of carbonyl (C=O) groups excluding carboxylic acids is 2. The summed E-state index contributed by atoms with van der Waals surface area (Å²) in [5.41, 5.74) is 2.13. The third kappa shape index (κ3) is 5.27. The van der Waals surface area contributed by atoms with Crippen molar-refractivity contribution in [3.05, 3.63) is 64.6 Å². The first-order valence-electron chi connectivity index (χ1n) is 11.9. The Kier molecular flexibility index (Phi) is 7.25. The molecule has 8 nitrogen and oxygen atoms in total. The zero-order valence-corrected chi connectivity index (χ0v) is 19.7. The van der Waals surface area contributed by atoms with Gasteiger partial charge in [0.05, 0.1) is 11.1 Å². The Bertz CT molecular complexity index is 1250. The van der Waals surface area contributed by atoms with E-state index in [0.29, 0.717) is 23.2 Å². The number of carbonyl (C=O) groups is 2. The summed E-state index contributed by atoms with van der Waals surface area (Å²) in [5, 5.41) is 11.3. The summed E-state index contributed by atoms with van der Waals surface area (Å²) >= 11 is 0. The molecule has 0 bridgehead atoms. The van der Waals surface area contributed by atoms with Gasteiger partial charge in [-0.1, -0.05) is 37.6 Å². The monoisotopic (exact) mass is 461 g/mol. The van der Waals surface area contributed by atoms with Gasteiger partial charge < -0.3 is 15.5 Å². The number of hydrogen-bond donors (Lipinski definition) is 2. The summed E-state index contributed by atoms with van der Waals surface area (Å²) in [6.07, 6.45) is 3.56. The Morgan fingerprint density at radius 1 is 1.06 bits per heavy atom. The highest BCUT2D eigenvalue weighted by Crippen LogP contribution is 2.23. The second kappa shape index (κ2) is 10.5. The average Bonchev–Trinajstić information content (AvgIpc) is 3.37. The zero-order chi connectivity index (χ0) is 24.1. The van der Waals surface area contributed by atoms with Gasteiger partial charge >= 0.3 is 0 Å². The van der Waals surface area contributed by atoms with Crippen molar-refractivity contribution in [2.45, 2.75) is 52.1 Å². The fourth-order valence-corrected chi connectivity index (χ4v) is 4.43. The van der Waals surface area contributed by atoms with Crippen LogP contribution in [0.3, 0.4) is 0 Å². The molecule has 34 heavy (non-hydrogen) atoms. The van der Waals surface area contributed by atoms with Gasteiger partial charge in [-0.05, 0) is 50.5 Å². The summed E-state index contributed by atoms with van der Waals surface area (Å²) in [6.45, 7) is 5.56. The Balaban J connectivity index is 1.45. The lowest BCUT2D eigenvalue weighted by Crippen LogP contribution is -2.46. The SMILES string of the molecule is CCCC(NC(=O)Cn1nc(C)c2ccccc2c1=O)C(=O)Nc1cccc(N2CCCC2)c1. The van der Waals surface area contributed by atoms with E-state index < -0.39 is 11.9 Å². The molecule has 2 N–H and O–H groups in total. The van der Waals surface area contributed by atoms with E-state index in [1.807, 2.05) is 43.3 Å². The Hall–Kier alpha value is -3.68. The maximum absolute atomic E-state index is 13.0. The Labute approximate surface area is 199 Å². The molecule has 2 aromatic carbocycles. The fourth-order valence-electron chi connectivity index (χ4n) is 4.43. The molecule has 0 radical (unpaired) electrons. The number of nitrogens with one attached hydrogen (secondary N) is 2. The summed E-state index contributed by atoms with van der Waals surface area (Å²) in [6, 6.07) is 14.3. The van der Waals surface area contributed by atoms with Crippen LogP contribution in [0.1, 0.15) is 38.3 Å². The van der Waals surface area contributed by atoms with Gasteiger partial charge in [-0.15, -0.1) is 0 Å². The van der Waals surface area contributed by atoms with E-state index in [4.69, 9.17) is 0 Å². The second-order valence-corrected chi connectivity index (χ2v) is 8.74. The first-order chi connectivity index (χ1) is 16.5. The van der Waals surface area contributed by atoms with Crippen molar-refractivity contribution in [2.24, 2.45) is 0 Å². The van der Waals surface area contributed by atoms with E-state index in [0.717, 1.165) is 35.3 Å². The number of aromatic nitrogens is 2. The second-order valence-electron chi connectivity index (χ2n) is 8.74. The maximum atomic E-state index is 13.0. The standard InChI is InChI=1S/C26H31N5O3/c1-3-9-23(25(33)27-19-10-8-11-20(16-19)30-14-6-7-15-30)28-24(32)17-31-26(34)22-13-5-4-12-21(22)18(2)29-31/h4-5,8,10-13,16,23H,3,6-7,9,14-15,17H2,1-2H3,(H,27,33)(H,28,32). The molecule has 0 spiro atoms. The molecule has 1 aliphatic rings. The summed E-state index contributed by atoms with van der Waals surface area (Å²) in [5.74, 6) is -0.701. The predicted molar refractivity (Wildman–Crippen MR) is 134 cm³/mol. The lowest BCUT2D eigenvalue weighted by molar-refractivity contribution is -0.127. The van der Waals surface area contributed by atoms with Crippen LogP contribution in [0.5, 0.6) is 0 Å². The number of hydrogen-bond acceptors (Lipinski definition) is 5. The normalized spacial score (nSPS) is 14.2. The summed E-state index contributed by atoms with van der Waals surface area (Å²) < 4.78 is 1.16. The van der Waals surface area contributed by atoms with E-state index in [1.54, 1.807) is 19.1 Å². The van der Waals surface area contributed by atoms with Gasteiger partial charge in [-0.3, -0.25) is 14.4 Å². The van der Waals surface area contributed by atoms with Gasteiger partial charge in [0.2, 0.25) is 11.8 Å². The van der Waals surface area contributed by atoms with Crippen molar-refractivity contribution in [1.29, 1.82) is 0 Å². The van der Waals surface area contributed by atoms with Crippen molar-refractivity contribution in [2.75, 3.05) is 23.3 Å². The molecule has 1 aliphatic heterocycles. The highest BCUT2D eigenvalue weighted by molar-refractivity contribution is 5.97. The van der Waals surface area contributed by atoms with Crippen molar-refractivity contribution in [1.82, 2.24) is 15.1 Å². The van der Waals surface area contributed by atoms with Gasteiger partial charge in [0.1, 0.15) is 12.6 Å². The van der Waals surface area contributed by atoms with Gasteiger partial charge in [0, 0.05) is 29.9 Å². The van der Waals surface area contributed by atoms with Crippen molar-refractivity contribution >= 4 is 34.0 Å². The highest BCUT2D eigenvalue weighted by Gasteiger charge is 2.22. The molecule has 1 fully saturated rings. The lowest BCUT2D eigenvalue weighted by atomic mass is 10.1. The molecule has 1 unspecified atom stereocenters. The van der Waals surface area contributed by atoms with Crippen LogP contribution < -0.4 is 21.1 Å². The smallest absolute Gasteiger partial charge is 0.275 e. The average molecular weight is 462 g/mol. The number of benzene rings is 2. The van der Waals surface area contributed by atoms with E-state index >= 15 is 0 Å². The number of aryl methyl sites for hydroxylation is 1. The first kappa shape index (κ1) is 23.5. The van der Waals surface area contributed by atoms with Gasteiger partial charge in [0.15, 0.2) is 0 Å². The molecule has 2 amide bonds. The van der Waals surface area contributed by atoms with E-state index in [-0.39, 0.29) is 18.0 Å². The minimum Gasteiger partial charge on any atom is -0.371 e.